The minimum atomic E-state index is -4.71. The fraction of sp³-hybridized carbons (Fsp3) is 0.481. The third-order valence-electron chi connectivity index (χ3n) is 6.62. The first-order valence-corrected chi connectivity index (χ1v) is 13.8. The van der Waals surface area contributed by atoms with E-state index in [4.69, 9.17) is 49.6 Å². The highest BCUT2D eigenvalue weighted by Crippen LogP contribution is 2.40. The van der Waals surface area contributed by atoms with Crippen LogP contribution >= 0.6 is 47.8 Å². The molecule has 0 saturated heterocycles. The van der Waals surface area contributed by atoms with E-state index < -0.39 is 17.7 Å². The zero-order chi connectivity index (χ0) is 29.4. The Balaban J connectivity index is 0.00000588. The first kappa shape index (κ1) is 35.3. The molecule has 0 aliphatic carbocycles. The van der Waals surface area contributed by atoms with Crippen LogP contribution in [0.2, 0.25) is 10.0 Å². The predicted octanol–water partition coefficient (Wildman–Crippen LogP) is 7.50. The van der Waals surface area contributed by atoms with E-state index in [1.807, 2.05) is 25.1 Å². The SMILES string of the molecule is COCCN(CCCC(c1ccc(C)c(OC)c1)c1n[nH]c(=S)n1-c1cc(Cl)c(Cl)cc1C(F)(F)F)CCOC.Cl. The third-order valence-corrected chi connectivity index (χ3v) is 7.62. The van der Waals surface area contributed by atoms with Crippen molar-refractivity contribution in [3.05, 3.63) is 67.7 Å². The summed E-state index contributed by atoms with van der Waals surface area (Å²) in [7, 11) is 4.87. The Labute approximate surface area is 259 Å². The number of aromatic amines is 1. The second kappa shape index (κ2) is 16.1. The third kappa shape index (κ3) is 9.06. The largest absolute Gasteiger partial charge is 0.496 e. The summed E-state index contributed by atoms with van der Waals surface area (Å²) in [5, 5.41) is 6.88. The smallest absolute Gasteiger partial charge is 0.418 e. The van der Waals surface area contributed by atoms with Gasteiger partial charge in [0.15, 0.2) is 4.77 Å². The molecule has 14 heteroatoms. The van der Waals surface area contributed by atoms with E-state index in [-0.39, 0.29) is 32.9 Å². The van der Waals surface area contributed by atoms with Crippen molar-refractivity contribution in [3.63, 3.8) is 0 Å². The molecule has 0 bridgehead atoms. The van der Waals surface area contributed by atoms with Crippen molar-refractivity contribution in [2.24, 2.45) is 0 Å². The molecule has 1 unspecified atom stereocenters. The molecule has 0 aliphatic heterocycles. The van der Waals surface area contributed by atoms with Crippen molar-refractivity contribution >= 4 is 47.8 Å². The van der Waals surface area contributed by atoms with Crippen LogP contribution in [0, 0.1) is 11.7 Å². The number of H-pyrrole nitrogens is 1. The number of rotatable bonds is 14. The molecule has 0 fully saturated rings. The molecular weight excluding hydrogens is 624 g/mol. The number of aryl methyl sites for hydroxylation is 1. The Morgan fingerprint density at radius 1 is 1.02 bits per heavy atom. The molecule has 1 N–H and O–H groups in total. The molecule has 3 rings (SSSR count). The Kier molecular flexibility index (Phi) is 13.9. The second-order valence-corrected chi connectivity index (χ2v) is 10.5. The fourth-order valence-electron chi connectivity index (χ4n) is 4.52. The van der Waals surface area contributed by atoms with Gasteiger partial charge >= 0.3 is 6.18 Å². The number of benzene rings is 2. The summed E-state index contributed by atoms with van der Waals surface area (Å²) in [6.07, 6.45) is -3.44. The number of nitrogens with one attached hydrogen (secondary N) is 1. The van der Waals surface area contributed by atoms with Gasteiger partial charge in [-0.2, -0.15) is 18.3 Å². The van der Waals surface area contributed by atoms with Crippen molar-refractivity contribution in [1.82, 2.24) is 19.7 Å². The van der Waals surface area contributed by atoms with Crippen LogP contribution in [0.25, 0.3) is 5.69 Å². The van der Waals surface area contributed by atoms with Crippen LogP contribution in [-0.2, 0) is 15.7 Å². The topological polar surface area (TPSA) is 64.5 Å². The number of hydrogen-bond donors (Lipinski definition) is 1. The van der Waals surface area contributed by atoms with Gasteiger partial charge in [-0.15, -0.1) is 12.4 Å². The molecule has 3 aromatic rings. The summed E-state index contributed by atoms with van der Waals surface area (Å²) in [4.78, 5) is 2.22. The van der Waals surface area contributed by atoms with E-state index in [1.165, 1.54) is 10.6 Å². The fourth-order valence-corrected chi connectivity index (χ4v) is 5.08. The van der Waals surface area contributed by atoms with Crippen LogP contribution in [0.4, 0.5) is 13.2 Å². The molecule has 1 heterocycles. The first-order valence-electron chi connectivity index (χ1n) is 12.6. The highest BCUT2D eigenvalue weighted by molar-refractivity contribution is 7.71. The lowest BCUT2D eigenvalue weighted by Crippen LogP contribution is -2.32. The summed E-state index contributed by atoms with van der Waals surface area (Å²) >= 11 is 17.6. The quantitative estimate of drug-likeness (QED) is 0.181. The van der Waals surface area contributed by atoms with Crippen LogP contribution in [0.15, 0.2) is 30.3 Å². The van der Waals surface area contributed by atoms with E-state index in [2.05, 4.69) is 15.1 Å². The molecule has 0 spiro atoms. The summed E-state index contributed by atoms with van der Waals surface area (Å²) in [5.74, 6) is 0.556. The van der Waals surface area contributed by atoms with Crippen molar-refractivity contribution in [2.75, 3.05) is 54.2 Å². The summed E-state index contributed by atoms with van der Waals surface area (Å²) in [6.45, 7) is 5.22. The number of aromatic nitrogens is 3. The molecule has 1 atom stereocenters. The van der Waals surface area contributed by atoms with E-state index in [1.54, 1.807) is 21.3 Å². The molecule has 7 nitrogen and oxygen atoms in total. The van der Waals surface area contributed by atoms with E-state index in [0.29, 0.717) is 37.6 Å². The van der Waals surface area contributed by atoms with Gasteiger partial charge in [0, 0.05) is 33.2 Å². The zero-order valence-electron chi connectivity index (χ0n) is 23.2. The van der Waals surface area contributed by atoms with Crippen LogP contribution in [0.5, 0.6) is 5.75 Å². The van der Waals surface area contributed by atoms with Gasteiger partial charge in [-0.1, -0.05) is 35.3 Å². The van der Waals surface area contributed by atoms with Gasteiger partial charge in [0.2, 0.25) is 0 Å². The molecule has 0 radical (unpaired) electrons. The standard InChI is InChI=1S/C27H33Cl2F3N4O3S.ClH/c1-17-7-8-18(14-24(17)39-4)19(6-5-9-35(10-12-37-2)11-13-38-3)25-33-34-26(40)36(25)23-16-22(29)21(28)15-20(23)27(30,31)32;/h7-8,14-16,19H,5-6,9-13H2,1-4H3,(H,34,40);1H. The number of nitrogens with zero attached hydrogens (tertiary/aromatic N) is 3. The molecule has 0 saturated carbocycles. The average molecular weight is 658 g/mol. The van der Waals surface area contributed by atoms with Crippen LogP contribution in [0.1, 0.15) is 41.3 Å². The first-order chi connectivity index (χ1) is 19.0. The van der Waals surface area contributed by atoms with Gasteiger partial charge in [0.1, 0.15) is 11.6 Å². The number of halogens is 6. The lowest BCUT2D eigenvalue weighted by atomic mass is 9.91. The number of ether oxygens (including phenoxy) is 3. The maximum atomic E-state index is 14.2. The average Bonchev–Trinajstić information content (AvgIpc) is 3.29. The normalized spacial score (nSPS) is 12.4. The Bertz CT molecular complexity index is 1330. The molecule has 2 aromatic carbocycles. The lowest BCUT2D eigenvalue weighted by molar-refractivity contribution is -0.137. The molecule has 41 heavy (non-hydrogen) atoms. The number of hydrogen-bond acceptors (Lipinski definition) is 6. The Morgan fingerprint density at radius 3 is 2.24 bits per heavy atom. The summed E-state index contributed by atoms with van der Waals surface area (Å²) in [6, 6.07) is 7.71. The second-order valence-electron chi connectivity index (χ2n) is 9.25. The maximum Gasteiger partial charge on any atom is 0.418 e. The van der Waals surface area contributed by atoms with E-state index in [0.717, 1.165) is 36.8 Å². The monoisotopic (exact) mass is 656 g/mol. The number of methoxy groups -OCH3 is 3. The Morgan fingerprint density at radius 2 is 1.66 bits per heavy atom. The molecule has 0 amide bonds. The minimum absolute atomic E-state index is 0. The highest BCUT2D eigenvalue weighted by Gasteiger charge is 2.36. The lowest BCUT2D eigenvalue weighted by Gasteiger charge is -2.24. The van der Waals surface area contributed by atoms with Crippen LogP contribution in [-0.4, -0.2) is 73.8 Å². The van der Waals surface area contributed by atoms with Gasteiger partial charge in [0.25, 0.3) is 0 Å². The van der Waals surface area contributed by atoms with Crippen molar-refractivity contribution in [3.8, 4) is 11.4 Å². The van der Waals surface area contributed by atoms with Gasteiger partial charge in [0.05, 0.1) is 41.6 Å². The Hall–Kier alpha value is -1.86. The predicted molar refractivity (Wildman–Crippen MR) is 160 cm³/mol. The summed E-state index contributed by atoms with van der Waals surface area (Å²) < 4.78 is 59.8. The van der Waals surface area contributed by atoms with Crippen molar-refractivity contribution in [2.45, 2.75) is 31.9 Å². The van der Waals surface area contributed by atoms with Crippen molar-refractivity contribution < 1.29 is 27.4 Å². The highest BCUT2D eigenvalue weighted by atomic mass is 35.5. The van der Waals surface area contributed by atoms with Gasteiger partial charge in [-0.25, -0.2) is 0 Å². The zero-order valence-corrected chi connectivity index (χ0v) is 26.3. The molecule has 1 aromatic heterocycles. The van der Waals surface area contributed by atoms with Gasteiger partial charge < -0.3 is 14.2 Å². The molecule has 0 aliphatic rings. The molecular formula is C27H34Cl3F3N4O3S. The number of alkyl halides is 3. The van der Waals surface area contributed by atoms with Gasteiger partial charge in [-0.3, -0.25) is 14.6 Å². The van der Waals surface area contributed by atoms with Gasteiger partial charge in [-0.05, 0) is 67.9 Å². The summed E-state index contributed by atoms with van der Waals surface area (Å²) in [5.41, 5.74) is 0.539. The van der Waals surface area contributed by atoms with Crippen LogP contribution in [0.3, 0.4) is 0 Å². The van der Waals surface area contributed by atoms with E-state index >= 15 is 0 Å². The van der Waals surface area contributed by atoms with E-state index in [9.17, 15) is 13.2 Å². The van der Waals surface area contributed by atoms with Crippen LogP contribution < -0.4 is 4.74 Å². The van der Waals surface area contributed by atoms with Crippen molar-refractivity contribution in [1.29, 1.82) is 0 Å². The maximum absolute atomic E-state index is 14.2. The molecule has 228 valence electrons. The minimum Gasteiger partial charge on any atom is -0.496 e.